The van der Waals surface area contributed by atoms with Crippen LogP contribution in [0.5, 0.6) is 11.6 Å². The summed E-state index contributed by atoms with van der Waals surface area (Å²) < 4.78 is 34.8. The normalized spacial score (nSPS) is 15.6. The van der Waals surface area contributed by atoms with E-state index in [0.29, 0.717) is 23.0 Å². The topological polar surface area (TPSA) is 114 Å². The van der Waals surface area contributed by atoms with Gasteiger partial charge in [0, 0.05) is 49.2 Å². The number of nitrogens with zero attached hydrogens (tertiary/aromatic N) is 4. The Bertz CT molecular complexity index is 1810. The van der Waals surface area contributed by atoms with Crippen molar-refractivity contribution in [2.45, 2.75) is 25.9 Å². The second-order valence-corrected chi connectivity index (χ2v) is 10.5. The molecule has 0 unspecified atom stereocenters. The Kier molecular flexibility index (Phi) is 6.06. The number of pyridine rings is 1. The number of fused-ring (bicyclic) bond motifs is 3. The highest BCUT2D eigenvalue weighted by Crippen LogP contribution is 2.32. The average Bonchev–Trinajstić information content (AvgIpc) is 3.53. The molecule has 2 aliphatic heterocycles. The number of hydrogen-bond donors (Lipinski definition) is 3. The molecule has 208 valence electrons. The summed E-state index contributed by atoms with van der Waals surface area (Å²) in [6.07, 6.45) is 3.80. The number of ketones is 1. The molecule has 0 radical (unpaired) electrons. The second-order valence-electron chi connectivity index (χ2n) is 10.5. The number of aromatic nitrogens is 4. The number of halogens is 2. The van der Waals surface area contributed by atoms with Gasteiger partial charge in [-0.05, 0) is 54.3 Å². The minimum absolute atomic E-state index is 0.00570. The number of nitrogen functional groups attached to an aromatic ring is 1. The summed E-state index contributed by atoms with van der Waals surface area (Å²) in [7, 11) is 0. The number of aryl methyl sites for hydroxylation is 1. The van der Waals surface area contributed by atoms with E-state index in [1.807, 2.05) is 12.1 Å². The van der Waals surface area contributed by atoms with Crippen molar-refractivity contribution in [3.05, 3.63) is 94.4 Å². The number of benzene rings is 2. The van der Waals surface area contributed by atoms with Gasteiger partial charge < -0.3 is 20.8 Å². The Morgan fingerprint density at radius 3 is 2.66 bits per heavy atom. The molecular weight excluding hydrogens is 528 g/mol. The lowest BCUT2D eigenvalue weighted by Gasteiger charge is -2.41. The van der Waals surface area contributed by atoms with E-state index in [-0.39, 0.29) is 23.0 Å². The Hall–Kier alpha value is -4.61. The SMILES string of the molecule is Cc1cc(Oc2c(F)cccc2F)ncc1-n1ncc(C(=O)c2cc3c4c(ccc3[nH]2)CN(C2CNC2)CC4)c1N. The zero-order chi connectivity index (χ0) is 28.2. The lowest BCUT2D eigenvalue weighted by Crippen LogP contribution is -2.57. The molecule has 41 heavy (non-hydrogen) atoms. The quantitative estimate of drug-likeness (QED) is 0.268. The van der Waals surface area contributed by atoms with Crippen LogP contribution in [0.1, 0.15) is 32.7 Å². The van der Waals surface area contributed by atoms with Crippen molar-refractivity contribution in [1.29, 1.82) is 0 Å². The predicted molar refractivity (Wildman–Crippen MR) is 149 cm³/mol. The number of anilines is 1. The molecule has 2 aromatic carbocycles. The monoisotopic (exact) mass is 555 g/mol. The number of ether oxygens (including phenoxy) is 1. The molecule has 2 aliphatic rings. The smallest absolute Gasteiger partial charge is 0.219 e. The van der Waals surface area contributed by atoms with Crippen LogP contribution in [0.25, 0.3) is 16.6 Å². The summed E-state index contributed by atoms with van der Waals surface area (Å²) in [6, 6.07) is 11.7. The van der Waals surface area contributed by atoms with Gasteiger partial charge in [-0.25, -0.2) is 18.4 Å². The van der Waals surface area contributed by atoms with E-state index in [0.717, 1.165) is 55.6 Å². The molecule has 3 aromatic heterocycles. The minimum Gasteiger partial charge on any atom is -0.433 e. The third-order valence-electron chi connectivity index (χ3n) is 8.02. The Morgan fingerprint density at radius 1 is 1.12 bits per heavy atom. The van der Waals surface area contributed by atoms with Gasteiger partial charge in [-0.15, -0.1) is 0 Å². The first-order valence-electron chi connectivity index (χ1n) is 13.4. The minimum atomic E-state index is -0.835. The number of rotatable bonds is 6. The first-order valence-corrected chi connectivity index (χ1v) is 13.4. The van der Waals surface area contributed by atoms with Gasteiger partial charge in [-0.3, -0.25) is 9.69 Å². The lowest BCUT2D eigenvalue weighted by molar-refractivity contribution is 0.103. The van der Waals surface area contributed by atoms with E-state index in [2.05, 4.69) is 31.3 Å². The van der Waals surface area contributed by atoms with Crippen molar-refractivity contribution in [3.8, 4) is 17.3 Å². The van der Waals surface area contributed by atoms with Crippen LogP contribution in [0, 0.1) is 18.6 Å². The molecule has 4 N–H and O–H groups in total. The highest BCUT2D eigenvalue weighted by Gasteiger charge is 2.29. The van der Waals surface area contributed by atoms with E-state index in [1.54, 1.807) is 6.92 Å². The molecule has 0 amide bonds. The molecular formula is C30H27F2N7O2. The summed E-state index contributed by atoms with van der Waals surface area (Å²) in [6.45, 7) is 5.75. The zero-order valence-electron chi connectivity index (χ0n) is 22.2. The molecule has 1 fully saturated rings. The van der Waals surface area contributed by atoms with Crippen molar-refractivity contribution in [3.63, 3.8) is 0 Å². The number of nitrogens with two attached hydrogens (primary N) is 1. The number of nitrogens with one attached hydrogen (secondary N) is 2. The second kappa shape index (κ2) is 9.79. The van der Waals surface area contributed by atoms with Crippen molar-refractivity contribution >= 4 is 22.5 Å². The van der Waals surface area contributed by atoms with Gasteiger partial charge in [0.25, 0.3) is 0 Å². The van der Waals surface area contributed by atoms with Crippen LogP contribution in [0.2, 0.25) is 0 Å². The van der Waals surface area contributed by atoms with Gasteiger partial charge in [-0.2, -0.15) is 5.10 Å². The van der Waals surface area contributed by atoms with Gasteiger partial charge in [-0.1, -0.05) is 12.1 Å². The average molecular weight is 556 g/mol. The van der Waals surface area contributed by atoms with Crippen LogP contribution >= 0.6 is 0 Å². The van der Waals surface area contributed by atoms with Crippen LogP contribution in [0.15, 0.2) is 54.9 Å². The molecule has 0 saturated carbocycles. The number of carbonyl (C=O) groups is 1. The van der Waals surface area contributed by atoms with Gasteiger partial charge >= 0.3 is 0 Å². The fourth-order valence-electron chi connectivity index (χ4n) is 5.63. The third kappa shape index (κ3) is 4.34. The molecule has 1 saturated heterocycles. The number of aromatic amines is 1. The van der Waals surface area contributed by atoms with E-state index >= 15 is 0 Å². The van der Waals surface area contributed by atoms with Crippen LogP contribution < -0.4 is 15.8 Å². The highest BCUT2D eigenvalue weighted by atomic mass is 19.1. The van der Waals surface area contributed by atoms with Gasteiger partial charge in [0.15, 0.2) is 11.6 Å². The van der Waals surface area contributed by atoms with Crippen LogP contribution in [-0.4, -0.2) is 56.1 Å². The summed E-state index contributed by atoms with van der Waals surface area (Å²) >= 11 is 0. The van der Waals surface area contributed by atoms with E-state index in [1.165, 1.54) is 40.3 Å². The van der Waals surface area contributed by atoms with Gasteiger partial charge in [0.1, 0.15) is 5.82 Å². The lowest BCUT2D eigenvalue weighted by atomic mass is 9.94. The molecule has 7 rings (SSSR count). The molecule has 11 heteroatoms. The maximum absolute atomic E-state index is 14.0. The maximum Gasteiger partial charge on any atom is 0.219 e. The molecule has 5 aromatic rings. The van der Waals surface area contributed by atoms with Gasteiger partial charge in [0.05, 0.1) is 29.3 Å². The molecule has 0 bridgehead atoms. The van der Waals surface area contributed by atoms with E-state index in [4.69, 9.17) is 10.5 Å². The zero-order valence-corrected chi connectivity index (χ0v) is 22.2. The molecule has 0 atom stereocenters. The predicted octanol–water partition coefficient (Wildman–Crippen LogP) is 4.27. The van der Waals surface area contributed by atoms with E-state index in [9.17, 15) is 13.6 Å². The first kappa shape index (κ1) is 25.4. The Morgan fingerprint density at radius 2 is 1.93 bits per heavy atom. The summed E-state index contributed by atoms with van der Waals surface area (Å²) in [4.78, 5) is 23.5. The molecule has 9 nitrogen and oxygen atoms in total. The van der Waals surface area contributed by atoms with E-state index < -0.39 is 17.4 Å². The third-order valence-corrected chi connectivity index (χ3v) is 8.02. The van der Waals surface area contributed by atoms with Crippen molar-refractivity contribution < 1.29 is 18.3 Å². The van der Waals surface area contributed by atoms with Crippen molar-refractivity contribution in [2.24, 2.45) is 0 Å². The number of carbonyl (C=O) groups excluding carboxylic acids is 1. The number of hydrogen-bond acceptors (Lipinski definition) is 7. The molecule has 5 heterocycles. The Balaban J connectivity index is 1.15. The van der Waals surface area contributed by atoms with Gasteiger partial charge in [0.2, 0.25) is 17.4 Å². The van der Waals surface area contributed by atoms with Crippen LogP contribution in [-0.2, 0) is 13.0 Å². The Labute approximate surface area is 233 Å². The maximum atomic E-state index is 14.0. The highest BCUT2D eigenvalue weighted by molar-refractivity contribution is 6.12. The number of H-pyrrole nitrogens is 1. The summed E-state index contributed by atoms with van der Waals surface area (Å²) in [5.74, 6) is -2.31. The van der Waals surface area contributed by atoms with Crippen molar-refractivity contribution in [1.82, 2.24) is 30.0 Å². The molecule has 0 spiro atoms. The standard InChI is InChI=1S/C30H27F2N7O2/c1-16-9-27(41-29-22(31)3-2-4-23(29)32)35-14-26(16)39-30(33)21(13-36-39)28(40)25-10-20-19-7-8-38(18-11-34-12-18)15-17(19)5-6-24(20)37-25/h2-6,9-10,13-14,18,34,37H,7-8,11-12,15,33H2,1H3. The largest absolute Gasteiger partial charge is 0.433 e. The first-order chi connectivity index (χ1) is 19.9. The fourth-order valence-corrected chi connectivity index (χ4v) is 5.63. The molecule has 0 aliphatic carbocycles. The summed E-state index contributed by atoms with van der Waals surface area (Å²) in [5, 5.41) is 8.75. The van der Waals surface area contributed by atoms with Crippen molar-refractivity contribution in [2.75, 3.05) is 25.4 Å². The van der Waals surface area contributed by atoms with Crippen LogP contribution in [0.3, 0.4) is 0 Å². The van der Waals surface area contributed by atoms with Crippen LogP contribution in [0.4, 0.5) is 14.6 Å². The summed E-state index contributed by atoms with van der Waals surface area (Å²) in [5.41, 5.74) is 11.7. The fraction of sp³-hybridized carbons (Fsp3) is 0.233. The number of para-hydroxylation sites is 1.